The lowest BCUT2D eigenvalue weighted by Gasteiger charge is -2.14. The number of rotatable bonds is 9. The van der Waals surface area contributed by atoms with Crippen LogP contribution in [0, 0.1) is 0 Å². The van der Waals surface area contributed by atoms with E-state index in [-0.39, 0.29) is 23.6 Å². The maximum absolute atomic E-state index is 12.1. The van der Waals surface area contributed by atoms with Crippen LogP contribution < -0.4 is 10.0 Å². The molecule has 0 aliphatic carbocycles. The number of carbonyl (C=O) groups is 2. The van der Waals surface area contributed by atoms with E-state index in [1.54, 1.807) is 12.1 Å². The van der Waals surface area contributed by atoms with Gasteiger partial charge in [-0.15, -0.1) is 0 Å². The van der Waals surface area contributed by atoms with E-state index in [9.17, 15) is 23.1 Å². The van der Waals surface area contributed by atoms with Crippen LogP contribution in [0.15, 0.2) is 59.5 Å². The van der Waals surface area contributed by atoms with Crippen molar-refractivity contribution in [2.75, 3.05) is 7.05 Å². The Morgan fingerprint density at radius 1 is 1.00 bits per heavy atom. The third-order valence-corrected chi connectivity index (χ3v) is 5.49. The maximum atomic E-state index is 12.1. The molecule has 0 aliphatic rings. The van der Waals surface area contributed by atoms with E-state index in [0.717, 1.165) is 11.1 Å². The molecule has 3 N–H and O–H groups in total. The van der Waals surface area contributed by atoms with E-state index in [4.69, 9.17) is 0 Å². The molecule has 7 nitrogen and oxygen atoms in total. The van der Waals surface area contributed by atoms with Gasteiger partial charge >= 0.3 is 5.97 Å². The molecule has 27 heavy (non-hydrogen) atoms. The molecule has 2 aromatic rings. The van der Waals surface area contributed by atoms with Crippen molar-refractivity contribution in [3.63, 3.8) is 0 Å². The molecule has 0 heterocycles. The van der Waals surface area contributed by atoms with Gasteiger partial charge < -0.3 is 10.4 Å². The first kappa shape index (κ1) is 20.6. The molecular formula is C19H22N2O5S. The molecule has 0 bridgehead atoms. The van der Waals surface area contributed by atoms with Crippen LogP contribution >= 0.6 is 0 Å². The van der Waals surface area contributed by atoms with Crippen molar-refractivity contribution in [3.8, 4) is 0 Å². The molecule has 144 valence electrons. The van der Waals surface area contributed by atoms with E-state index in [0.29, 0.717) is 6.42 Å². The van der Waals surface area contributed by atoms with Crippen LogP contribution in [-0.2, 0) is 32.5 Å². The maximum Gasteiger partial charge on any atom is 0.326 e. The lowest BCUT2D eigenvalue weighted by atomic mass is 10.1. The zero-order valence-corrected chi connectivity index (χ0v) is 15.7. The topological polar surface area (TPSA) is 113 Å². The van der Waals surface area contributed by atoms with Crippen molar-refractivity contribution >= 4 is 21.9 Å². The van der Waals surface area contributed by atoms with Crippen molar-refractivity contribution in [2.24, 2.45) is 0 Å². The second kappa shape index (κ2) is 9.29. The molecule has 0 fully saturated rings. The molecule has 1 atom stereocenters. The number of nitrogens with one attached hydrogen (secondary N) is 2. The summed E-state index contributed by atoms with van der Waals surface area (Å²) < 4.78 is 25.6. The third kappa shape index (κ3) is 6.19. The second-order valence-electron chi connectivity index (χ2n) is 6.00. The Bertz CT molecular complexity index is 880. The number of amides is 1. The number of hydrogen-bond acceptors (Lipinski definition) is 4. The van der Waals surface area contributed by atoms with Gasteiger partial charge in [0.1, 0.15) is 6.04 Å². The van der Waals surface area contributed by atoms with E-state index >= 15 is 0 Å². The number of aryl methyl sites for hydroxylation is 1. The summed E-state index contributed by atoms with van der Waals surface area (Å²) in [5, 5.41) is 11.9. The molecule has 0 aliphatic heterocycles. The Morgan fingerprint density at radius 2 is 1.63 bits per heavy atom. The molecule has 0 aromatic heterocycles. The molecule has 2 aromatic carbocycles. The third-order valence-electron chi connectivity index (χ3n) is 4.06. The molecule has 8 heteroatoms. The highest BCUT2D eigenvalue weighted by Gasteiger charge is 2.20. The van der Waals surface area contributed by atoms with Gasteiger partial charge in [-0.2, -0.15) is 0 Å². The fraction of sp³-hybridized carbons (Fsp3) is 0.263. The molecule has 2 rings (SSSR count). The fourth-order valence-corrected chi connectivity index (χ4v) is 3.26. The smallest absolute Gasteiger partial charge is 0.326 e. The first-order valence-corrected chi connectivity index (χ1v) is 9.88. The monoisotopic (exact) mass is 390 g/mol. The number of sulfonamides is 1. The number of carboxylic acids is 1. The minimum atomic E-state index is -3.50. The van der Waals surface area contributed by atoms with Gasteiger partial charge in [0.05, 0.1) is 4.90 Å². The summed E-state index contributed by atoms with van der Waals surface area (Å²) in [5.74, 6) is -1.46. The van der Waals surface area contributed by atoms with Gasteiger partial charge in [-0.25, -0.2) is 17.9 Å². The molecule has 0 saturated heterocycles. The standard InChI is InChI=1S/C19H22N2O5S/c1-20-27(25,26)16-10-7-14(8-11-16)9-12-18(22)21-17(19(23)24)13-15-5-3-2-4-6-15/h2-8,10-11,17,20H,9,12-13H2,1H3,(H,21,22)(H,23,24)/t17-/m0/s1. The summed E-state index contributed by atoms with van der Waals surface area (Å²) in [6.07, 6.45) is 0.693. The minimum absolute atomic E-state index is 0.108. The summed E-state index contributed by atoms with van der Waals surface area (Å²) in [6.45, 7) is 0. The highest BCUT2D eigenvalue weighted by atomic mass is 32.2. The van der Waals surface area contributed by atoms with Gasteiger partial charge in [0.15, 0.2) is 0 Å². The van der Waals surface area contributed by atoms with E-state index in [1.165, 1.54) is 19.2 Å². The quantitative estimate of drug-likeness (QED) is 0.598. The first-order chi connectivity index (χ1) is 12.8. The molecule has 0 saturated carbocycles. The average Bonchev–Trinajstić information content (AvgIpc) is 2.67. The Morgan fingerprint density at radius 3 is 2.19 bits per heavy atom. The summed E-state index contributed by atoms with van der Waals surface area (Å²) in [6, 6.07) is 14.3. The summed E-state index contributed by atoms with van der Waals surface area (Å²) in [4.78, 5) is 23.7. The lowest BCUT2D eigenvalue weighted by molar-refractivity contribution is -0.141. The van der Waals surface area contributed by atoms with Crippen LogP contribution in [0.1, 0.15) is 17.5 Å². The van der Waals surface area contributed by atoms with Gasteiger partial charge in [-0.1, -0.05) is 42.5 Å². The highest BCUT2D eigenvalue weighted by molar-refractivity contribution is 7.89. The first-order valence-electron chi connectivity index (χ1n) is 8.40. The second-order valence-corrected chi connectivity index (χ2v) is 7.89. The fourth-order valence-electron chi connectivity index (χ4n) is 2.53. The van der Waals surface area contributed by atoms with E-state index in [2.05, 4.69) is 10.0 Å². The molecule has 0 spiro atoms. The van der Waals surface area contributed by atoms with Crippen LogP contribution in [-0.4, -0.2) is 38.5 Å². The SMILES string of the molecule is CNS(=O)(=O)c1ccc(CCC(=O)N[C@@H](Cc2ccccc2)C(=O)O)cc1. The van der Waals surface area contributed by atoms with Crippen molar-refractivity contribution in [1.29, 1.82) is 0 Å². The molecule has 0 unspecified atom stereocenters. The predicted octanol–water partition coefficient (Wildman–Crippen LogP) is 1.34. The predicted molar refractivity (Wildman–Crippen MR) is 101 cm³/mol. The zero-order chi connectivity index (χ0) is 19.9. The molecular weight excluding hydrogens is 368 g/mol. The van der Waals surface area contributed by atoms with Crippen molar-refractivity contribution < 1.29 is 23.1 Å². The molecule has 0 radical (unpaired) electrons. The van der Waals surface area contributed by atoms with Gasteiger partial charge in [-0.3, -0.25) is 4.79 Å². The Labute approximate surface area is 158 Å². The highest BCUT2D eigenvalue weighted by Crippen LogP contribution is 2.12. The Kier molecular flexibility index (Phi) is 7.09. The van der Waals surface area contributed by atoms with Gasteiger partial charge in [0.25, 0.3) is 0 Å². The zero-order valence-electron chi connectivity index (χ0n) is 14.9. The average molecular weight is 390 g/mol. The summed E-state index contributed by atoms with van der Waals surface area (Å²) >= 11 is 0. The normalized spacial score (nSPS) is 12.3. The van der Waals surface area contributed by atoms with Crippen molar-refractivity contribution in [3.05, 3.63) is 65.7 Å². The Balaban J connectivity index is 1.91. The van der Waals surface area contributed by atoms with E-state index in [1.807, 2.05) is 30.3 Å². The Hall–Kier alpha value is -2.71. The lowest BCUT2D eigenvalue weighted by Crippen LogP contribution is -2.42. The van der Waals surface area contributed by atoms with Crippen LogP contribution in [0.4, 0.5) is 0 Å². The molecule has 1 amide bonds. The number of benzene rings is 2. The van der Waals surface area contributed by atoms with Gasteiger partial charge in [-0.05, 0) is 36.7 Å². The van der Waals surface area contributed by atoms with Crippen molar-refractivity contribution in [2.45, 2.75) is 30.2 Å². The van der Waals surface area contributed by atoms with Crippen LogP contribution in [0.2, 0.25) is 0 Å². The largest absolute Gasteiger partial charge is 0.480 e. The van der Waals surface area contributed by atoms with Gasteiger partial charge in [0, 0.05) is 12.8 Å². The number of carboxylic acid groups (broad SMARTS) is 1. The number of carbonyl (C=O) groups excluding carboxylic acids is 1. The van der Waals surface area contributed by atoms with Crippen molar-refractivity contribution in [1.82, 2.24) is 10.0 Å². The number of hydrogen-bond donors (Lipinski definition) is 3. The number of aliphatic carboxylic acids is 1. The van der Waals surface area contributed by atoms with Crippen LogP contribution in [0.25, 0.3) is 0 Å². The van der Waals surface area contributed by atoms with Crippen LogP contribution in [0.3, 0.4) is 0 Å². The van der Waals surface area contributed by atoms with E-state index < -0.39 is 22.0 Å². The van der Waals surface area contributed by atoms with Crippen LogP contribution in [0.5, 0.6) is 0 Å². The minimum Gasteiger partial charge on any atom is -0.480 e. The summed E-state index contributed by atoms with van der Waals surface area (Å²) in [5.41, 5.74) is 1.61. The summed E-state index contributed by atoms with van der Waals surface area (Å²) in [7, 11) is -2.16. The van der Waals surface area contributed by atoms with Gasteiger partial charge in [0.2, 0.25) is 15.9 Å².